The molecule has 39 heavy (non-hydrogen) atoms. The number of benzene rings is 3. The minimum absolute atomic E-state index is 0.0448. The third-order valence-corrected chi connectivity index (χ3v) is 9.10. The number of hydrogen-bond acceptors (Lipinski definition) is 3. The van der Waals surface area contributed by atoms with E-state index >= 15 is 0 Å². The molecule has 11 rings (SSSR count). The SMILES string of the molecule is Cn1c2[n+](c3ccccc31)[N+]13c4c(cncc4-2)Oc2ccc4c(=O)c5cccc6c7ccc[n+]1c7n(c4c23)c56. The van der Waals surface area contributed by atoms with Gasteiger partial charge in [0, 0.05) is 16.3 Å². The normalized spacial score (nSPS) is 17.8. The molecule has 8 nitrogen and oxygen atoms in total. The molecular formula is C31H17N6O2+3. The van der Waals surface area contributed by atoms with Crippen LogP contribution >= 0.6 is 0 Å². The van der Waals surface area contributed by atoms with Crippen LogP contribution in [0.4, 0.5) is 11.4 Å². The fraction of sp³-hybridized carbons (Fsp3) is 0.0323. The summed E-state index contributed by atoms with van der Waals surface area (Å²) in [6.45, 7) is 0. The lowest BCUT2D eigenvalue weighted by molar-refractivity contribution is -1.01. The third-order valence-electron chi connectivity index (χ3n) is 9.10. The number of quaternary nitrogens is 1. The van der Waals surface area contributed by atoms with Crippen molar-refractivity contribution in [2.24, 2.45) is 7.05 Å². The van der Waals surface area contributed by atoms with Gasteiger partial charge in [-0.3, -0.25) is 9.78 Å². The molecule has 1 unspecified atom stereocenters. The van der Waals surface area contributed by atoms with Gasteiger partial charge in [-0.05, 0) is 53.2 Å². The van der Waals surface area contributed by atoms with Crippen molar-refractivity contribution in [3.05, 3.63) is 95.5 Å². The van der Waals surface area contributed by atoms with Crippen molar-refractivity contribution in [3.8, 4) is 22.9 Å². The molecule has 8 heteroatoms. The van der Waals surface area contributed by atoms with E-state index in [1.54, 1.807) is 0 Å². The molecule has 5 aromatic heterocycles. The van der Waals surface area contributed by atoms with Crippen LogP contribution < -0.4 is 24.2 Å². The van der Waals surface area contributed by atoms with Gasteiger partial charge in [0.2, 0.25) is 28.0 Å². The summed E-state index contributed by atoms with van der Waals surface area (Å²) < 4.78 is 16.1. The van der Waals surface area contributed by atoms with Crippen LogP contribution in [0.3, 0.4) is 0 Å². The molecule has 0 aliphatic carbocycles. The highest BCUT2D eigenvalue weighted by Crippen LogP contribution is 2.59. The van der Waals surface area contributed by atoms with Crippen molar-refractivity contribution in [3.63, 3.8) is 0 Å². The second kappa shape index (κ2) is 5.57. The smallest absolute Gasteiger partial charge is 0.353 e. The van der Waals surface area contributed by atoms with E-state index in [2.05, 4.69) is 79.0 Å². The molecule has 180 valence electrons. The molecule has 8 aromatic rings. The summed E-state index contributed by atoms with van der Waals surface area (Å²) in [6, 6.07) is 22.7. The Morgan fingerprint density at radius 3 is 2.62 bits per heavy atom. The van der Waals surface area contributed by atoms with Crippen LogP contribution in [0, 0.1) is 0 Å². The lowest BCUT2D eigenvalue weighted by Crippen LogP contribution is -2.83. The largest absolute Gasteiger partial charge is 0.442 e. The van der Waals surface area contributed by atoms with Gasteiger partial charge in [0.15, 0.2) is 22.8 Å². The van der Waals surface area contributed by atoms with E-state index in [0.717, 1.165) is 72.4 Å². The molecule has 3 aromatic carbocycles. The summed E-state index contributed by atoms with van der Waals surface area (Å²) >= 11 is 0. The summed E-state index contributed by atoms with van der Waals surface area (Å²) in [5.74, 6) is 2.47. The number of rotatable bonds is 0. The number of pyridine rings is 3. The number of imidazole rings is 1. The highest BCUT2D eigenvalue weighted by molar-refractivity contribution is 6.17. The lowest BCUT2D eigenvalue weighted by Gasteiger charge is -2.32. The predicted molar refractivity (Wildman–Crippen MR) is 146 cm³/mol. The minimum atomic E-state index is 0.0448. The van der Waals surface area contributed by atoms with Gasteiger partial charge in [0.05, 0.1) is 34.1 Å². The number of ether oxygens (including phenoxy) is 1. The van der Waals surface area contributed by atoms with Crippen molar-refractivity contribution in [1.29, 1.82) is 0 Å². The first kappa shape index (κ1) is 18.8. The van der Waals surface area contributed by atoms with Gasteiger partial charge in [-0.25, -0.2) is 4.57 Å². The van der Waals surface area contributed by atoms with Crippen LogP contribution in [0.5, 0.6) is 11.5 Å². The second-order valence-corrected chi connectivity index (χ2v) is 10.7. The van der Waals surface area contributed by atoms with Gasteiger partial charge in [-0.15, -0.1) is 0 Å². The first-order valence-corrected chi connectivity index (χ1v) is 13.0. The molecule has 0 amide bonds. The van der Waals surface area contributed by atoms with Crippen LogP contribution in [0.25, 0.3) is 60.6 Å². The second-order valence-electron chi connectivity index (χ2n) is 10.7. The highest BCUT2D eigenvalue weighted by Gasteiger charge is 2.69. The summed E-state index contributed by atoms with van der Waals surface area (Å²) in [4.78, 5) is 18.7. The summed E-state index contributed by atoms with van der Waals surface area (Å²) in [7, 11) is 2.11. The molecule has 0 fully saturated rings. The Balaban J connectivity index is 1.56. The van der Waals surface area contributed by atoms with E-state index < -0.39 is 0 Å². The maximum atomic E-state index is 14.1. The van der Waals surface area contributed by atoms with Crippen molar-refractivity contribution < 1.29 is 14.1 Å². The Morgan fingerprint density at radius 2 is 1.67 bits per heavy atom. The monoisotopic (exact) mass is 505 g/mol. The van der Waals surface area contributed by atoms with Crippen LogP contribution in [0.1, 0.15) is 0 Å². The molecular weight excluding hydrogens is 488 g/mol. The average molecular weight is 506 g/mol. The minimum Gasteiger partial charge on any atom is -0.442 e. The number of para-hydroxylation sites is 3. The number of hydrogen-bond donors (Lipinski definition) is 0. The summed E-state index contributed by atoms with van der Waals surface area (Å²) in [5, 5.41) is 3.61. The molecule has 8 heterocycles. The first-order valence-electron chi connectivity index (χ1n) is 13.0. The number of fused-ring (bicyclic) bond motifs is 5. The molecule has 0 N–H and O–H groups in total. The Kier molecular flexibility index (Phi) is 2.69. The van der Waals surface area contributed by atoms with Gasteiger partial charge in [-0.1, -0.05) is 18.2 Å². The number of aryl methyl sites for hydroxylation is 1. The molecule has 0 bridgehead atoms. The molecule has 0 saturated heterocycles. The molecule has 1 spiro atoms. The first-order chi connectivity index (χ1) is 19.2. The van der Waals surface area contributed by atoms with Crippen molar-refractivity contribution >= 4 is 60.6 Å². The maximum Gasteiger partial charge on any atom is 0.353 e. The Hall–Kier alpha value is -5.34. The Bertz CT molecular complexity index is 2580. The quantitative estimate of drug-likeness (QED) is 0.172. The molecule has 1 atom stereocenters. The van der Waals surface area contributed by atoms with Crippen LogP contribution in [-0.4, -0.2) is 14.0 Å². The molecule has 0 radical (unpaired) electrons. The zero-order valence-corrected chi connectivity index (χ0v) is 20.6. The lowest BCUT2D eigenvalue weighted by atomic mass is 10.0. The van der Waals surface area contributed by atoms with E-state index in [0.29, 0.717) is 11.1 Å². The number of aromatic nitrogens is 5. The van der Waals surface area contributed by atoms with E-state index in [1.165, 1.54) is 0 Å². The van der Waals surface area contributed by atoms with Crippen LogP contribution in [0.15, 0.2) is 90.1 Å². The van der Waals surface area contributed by atoms with Crippen LogP contribution in [0.2, 0.25) is 0 Å². The van der Waals surface area contributed by atoms with Crippen molar-refractivity contribution in [1.82, 2.24) is 18.7 Å². The fourth-order valence-corrected chi connectivity index (χ4v) is 7.79. The van der Waals surface area contributed by atoms with Crippen LogP contribution in [-0.2, 0) is 7.05 Å². The number of nitrogens with zero attached hydrogens (tertiary/aromatic N) is 6. The zero-order chi connectivity index (χ0) is 25.4. The summed E-state index contributed by atoms with van der Waals surface area (Å²) in [5.41, 5.74) is 8.07. The maximum absolute atomic E-state index is 14.1. The highest BCUT2D eigenvalue weighted by atomic mass is 16.5. The topological polar surface area (TPSA) is 56.3 Å². The average Bonchev–Trinajstić information content (AvgIpc) is 3.58. The van der Waals surface area contributed by atoms with Crippen molar-refractivity contribution in [2.75, 3.05) is 0 Å². The standard InChI is InChI=1S/C31H17N6O2/c1-33-21-9-2-3-10-22(21)36-30(33)20-14-32-15-24-27(20)37(36)28-23(39-24)12-11-19-26(28)35-25-16(6-4-7-18(25)29(19)38)17-8-5-13-34(37)31(17)35/h2-15H,1H3/q+3. The molecule has 0 saturated carbocycles. The van der Waals surface area contributed by atoms with E-state index in [9.17, 15) is 4.79 Å². The summed E-state index contributed by atoms with van der Waals surface area (Å²) in [6.07, 6.45) is 5.90. The van der Waals surface area contributed by atoms with Crippen molar-refractivity contribution in [2.45, 2.75) is 0 Å². The Labute approximate surface area is 218 Å². The van der Waals surface area contributed by atoms with E-state index in [4.69, 9.17) is 4.74 Å². The van der Waals surface area contributed by atoms with E-state index in [-0.39, 0.29) is 10.1 Å². The van der Waals surface area contributed by atoms with Gasteiger partial charge in [0.25, 0.3) is 5.69 Å². The van der Waals surface area contributed by atoms with Gasteiger partial charge < -0.3 is 4.74 Å². The van der Waals surface area contributed by atoms with E-state index in [1.807, 2.05) is 36.7 Å². The van der Waals surface area contributed by atoms with Gasteiger partial charge >= 0.3 is 17.2 Å². The van der Waals surface area contributed by atoms with Gasteiger partial charge in [-0.2, -0.15) is 4.40 Å². The predicted octanol–water partition coefficient (Wildman–Crippen LogP) is 4.62. The van der Waals surface area contributed by atoms with Gasteiger partial charge in [0.1, 0.15) is 0 Å². The molecule has 3 aliphatic rings. The fourth-order valence-electron chi connectivity index (χ4n) is 7.79. The Morgan fingerprint density at radius 1 is 0.821 bits per heavy atom. The molecule has 3 aliphatic heterocycles. The zero-order valence-electron chi connectivity index (χ0n) is 20.6. The third kappa shape index (κ3) is 1.64.